The summed E-state index contributed by atoms with van der Waals surface area (Å²) in [6, 6.07) is 10.3. The van der Waals surface area contributed by atoms with E-state index in [1.54, 1.807) is 22.7 Å². The van der Waals surface area contributed by atoms with E-state index in [4.69, 9.17) is 0 Å². The van der Waals surface area contributed by atoms with Crippen LogP contribution in [0.1, 0.15) is 17.0 Å². The molecule has 3 aromatic heterocycles. The number of para-hydroxylation sites is 1. The third-order valence-electron chi connectivity index (χ3n) is 4.93. The number of hydrogen-bond acceptors (Lipinski definition) is 4. The molecule has 7 heteroatoms. The smallest absolute Gasteiger partial charge is 0.228 e. The molecule has 1 N–H and O–H groups in total. The fourth-order valence-corrected chi connectivity index (χ4v) is 5.68. The van der Waals surface area contributed by atoms with Gasteiger partial charge in [-0.25, -0.2) is 4.98 Å². The number of nitrogens with zero attached hydrogens (tertiary/aromatic N) is 2. The van der Waals surface area contributed by atoms with Crippen LogP contribution in [0, 0.1) is 0 Å². The van der Waals surface area contributed by atoms with Gasteiger partial charge in [0, 0.05) is 46.0 Å². The molecule has 27 heavy (non-hydrogen) atoms. The summed E-state index contributed by atoms with van der Waals surface area (Å²) >= 11 is 6.90. The normalized spacial score (nSPS) is 13.9. The van der Waals surface area contributed by atoms with Crippen molar-refractivity contribution in [3.63, 3.8) is 0 Å². The first-order chi connectivity index (χ1) is 13.2. The van der Waals surface area contributed by atoms with E-state index in [0.717, 1.165) is 38.5 Å². The van der Waals surface area contributed by atoms with E-state index in [2.05, 4.69) is 38.0 Å². The quantitative estimate of drug-likeness (QED) is 0.456. The number of thiophene rings is 1. The van der Waals surface area contributed by atoms with Gasteiger partial charge in [0.05, 0.1) is 22.5 Å². The Morgan fingerprint density at radius 3 is 3.04 bits per heavy atom. The summed E-state index contributed by atoms with van der Waals surface area (Å²) < 4.78 is 1.07. The number of halogens is 1. The van der Waals surface area contributed by atoms with E-state index >= 15 is 0 Å². The molecule has 4 heterocycles. The summed E-state index contributed by atoms with van der Waals surface area (Å²) in [6.07, 6.45) is 1.23. The Bertz CT molecular complexity index is 1130. The van der Waals surface area contributed by atoms with Gasteiger partial charge >= 0.3 is 0 Å². The number of carbonyl (C=O) groups excluding carboxylic acids is 1. The standard InChI is InChI=1S/C20H16BrN3OS2/c21-15-4-1-3-13-14-10-24(7-6-16(14)23-19(13)15)18(25)9-12-11-27-20(22-12)17-5-2-8-26-17/h1-5,8,11,23H,6-7,9-10H2. The van der Waals surface area contributed by atoms with Crippen molar-refractivity contribution in [2.75, 3.05) is 6.54 Å². The summed E-state index contributed by atoms with van der Waals surface area (Å²) in [5.41, 5.74) is 4.47. The lowest BCUT2D eigenvalue weighted by atomic mass is 10.0. The molecule has 0 saturated carbocycles. The topological polar surface area (TPSA) is 49.0 Å². The van der Waals surface area contributed by atoms with Gasteiger partial charge in [0.15, 0.2) is 0 Å². The van der Waals surface area contributed by atoms with Gasteiger partial charge in [-0.2, -0.15) is 0 Å². The minimum atomic E-state index is 0.146. The predicted octanol–water partition coefficient (Wildman–Crippen LogP) is 5.24. The van der Waals surface area contributed by atoms with Gasteiger partial charge in [0.25, 0.3) is 0 Å². The highest BCUT2D eigenvalue weighted by Crippen LogP contribution is 2.32. The van der Waals surface area contributed by atoms with Crippen LogP contribution in [0.25, 0.3) is 20.8 Å². The maximum absolute atomic E-state index is 12.9. The van der Waals surface area contributed by atoms with Crippen molar-refractivity contribution in [2.45, 2.75) is 19.4 Å². The number of hydrogen-bond donors (Lipinski definition) is 1. The molecular formula is C20H16BrN3OS2. The minimum absolute atomic E-state index is 0.146. The molecule has 4 nitrogen and oxygen atoms in total. The van der Waals surface area contributed by atoms with Crippen LogP contribution in [0.2, 0.25) is 0 Å². The number of benzene rings is 1. The van der Waals surface area contributed by atoms with Crippen LogP contribution >= 0.6 is 38.6 Å². The molecule has 1 aromatic carbocycles. The largest absolute Gasteiger partial charge is 0.357 e. The van der Waals surface area contributed by atoms with Crippen LogP contribution in [-0.2, 0) is 24.2 Å². The molecule has 136 valence electrons. The number of fused-ring (bicyclic) bond motifs is 3. The molecule has 0 aliphatic carbocycles. The average molecular weight is 458 g/mol. The van der Waals surface area contributed by atoms with Gasteiger partial charge in [0.1, 0.15) is 5.01 Å². The number of aromatic nitrogens is 2. The number of amides is 1. The molecule has 0 saturated heterocycles. The van der Waals surface area contributed by atoms with Crippen molar-refractivity contribution in [3.05, 3.63) is 62.5 Å². The Morgan fingerprint density at radius 2 is 2.19 bits per heavy atom. The van der Waals surface area contributed by atoms with Crippen molar-refractivity contribution in [3.8, 4) is 9.88 Å². The number of H-pyrrole nitrogens is 1. The second-order valence-electron chi connectivity index (χ2n) is 6.61. The first kappa shape index (κ1) is 17.2. The molecule has 0 fully saturated rings. The second kappa shape index (κ2) is 6.89. The summed E-state index contributed by atoms with van der Waals surface area (Å²) in [4.78, 5) is 24.2. The average Bonchev–Trinajstić information content (AvgIpc) is 3.41. The monoisotopic (exact) mass is 457 g/mol. The molecule has 1 amide bonds. The Morgan fingerprint density at radius 1 is 1.26 bits per heavy atom. The number of thiazole rings is 1. The lowest BCUT2D eigenvalue weighted by Gasteiger charge is -2.27. The van der Waals surface area contributed by atoms with Crippen molar-refractivity contribution in [1.29, 1.82) is 0 Å². The zero-order valence-corrected chi connectivity index (χ0v) is 17.6. The van der Waals surface area contributed by atoms with Gasteiger partial charge < -0.3 is 9.88 Å². The van der Waals surface area contributed by atoms with Crippen molar-refractivity contribution in [1.82, 2.24) is 14.9 Å². The maximum Gasteiger partial charge on any atom is 0.228 e. The van der Waals surface area contributed by atoms with E-state index in [9.17, 15) is 4.79 Å². The molecule has 1 aliphatic heterocycles. The lowest BCUT2D eigenvalue weighted by molar-refractivity contribution is -0.131. The van der Waals surface area contributed by atoms with E-state index in [0.29, 0.717) is 13.0 Å². The van der Waals surface area contributed by atoms with Gasteiger partial charge in [-0.3, -0.25) is 4.79 Å². The fourth-order valence-electron chi connectivity index (χ4n) is 3.58. The Labute approximate surface area is 173 Å². The van der Waals surface area contributed by atoms with E-state index in [-0.39, 0.29) is 5.91 Å². The second-order valence-corrected chi connectivity index (χ2v) is 9.27. The highest BCUT2D eigenvalue weighted by molar-refractivity contribution is 9.10. The number of rotatable bonds is 3. The third-order valence-corrected chi connectivity index (χ3v) is 7.52. The molecule has 0 bridgehead atoms. The molecular weight excluding hydrogens is 442 g/mol. The Hall–Kier alpha value is -1.96. The summed E-state index contributed by atoms with van der Waals surface area (Å²) in [5, 5.41) is 6.25. The number of nitrogens with one attached hydrogen (secondary N) is 1. The molecule has 0 unspecified atom stereocenters. The van der Waals surface area contributed by atoms with Gasteiger partial charge in [-0.15, -0.1) is 22.7 Å². The van der Waals surface area contributed by atoms with Crippen LogP contribution < -0.4 is 0 Å². The van der Waals surface area contributed by atoms with E-state index in [1.807, 2.05) is 33.9 Å². The number of aromatic amines is 1. The van der Waals surface area contributed by atoms with E-state index < -0.39 is 0 Å². The van der Waals surface area contributed by atoms with Gasteiger partial charge in [-0.05, 0) is 33.4 Å². The molecule has 0 atom stereocenters. The zero-order chi connectivity index (χ0) is 18.4. The maximum atomic E-state index is 12.9. The van der Waals surface area contributed by atoms with Crippen molar-refractivity contribution >= 4 is 55.4 Å². The predicted molar refractivity (Wildman–Crippen MR) is 114 cm³/mol. The van der Waals surface area contributed by atoms with Crippen molar-refractivity contribution in [2.24, 2.45) is 0 Å². The summed E-state index contributed by atoms with van der Waals surface area (Å²) in [5.74, 6) is 0.146. The van der Waals surface area contributed by atoms with Gasteiger partial charge in [-0.1, -0.05) is 18.2 Å². The Balaban J connectivity index is 1.35. The molecule has 0 spiro atoms. The van der Waals surface area contributed by atoms with Crippen LogP contribution in [0.15, 0.2) is 45.6 Å². The molecule has 0 radical (unpaired) electrons. The SMILES string of the molecule is O=C(Cc1csc(-c2cccs2)n1)N1CCc2[nH]c3c(Br)cccc3c2C1. The van der Waals surface area contributed by atoms with E-state index in [1.165, 1.54) is 16.6 Å². The minimum Gasteiger partial charge on any atom is -0.357 e. The van der Waals surface area contributed by atoms with Crippen molar-refractivity contribution < 1.29 is 4.79 Å². The first-order valence-electron chi connectivity index (χ1n) is 8.73. The fraction of sp³-hybridized carbons (Fsp3) is 0.200. The summed E-state index contributed by atoms with van der Waals surface area (Å²) in [7, 11) is 0. The highest BCUT2D eigenvalue weighted by atomic mass is 79.9. The van der Waals surface area contributed by atoms with Gasteiger partial charge in [0.2, 0.25) is 5.91 Å². The highest BCUT2D eigenvalue weighted by Gasteiger charge is 2.25. The van der Waals surface area contributed by atoms with Crippen LogP contribution in [-0.4, -0.2) is 27.3 Å². The molecule has 1 aliphatic rings. The number of carbonyl (C=O) groups is 1. The van der Waals surface area contributed by atoms with Crippen LogP contribution in [0.3, 0.4) is 0 Å². The van der Waals surface area contributed by atoms with Crippen LogP contribution in [0.4, 0.5) is 0 Å². The molecule has 4 aromatic rings. The molecule has 5 rings (SSSR count). The Kier molecular flexibility index (Phi) is 4.38. The van der Waals surface area contributed by atoms with Crippen LogP contribution in [0.5, 0.6) is 0 Å². The summed E-state index contributed by atoms with van der Waals surface area (Å²) in [6.45, 7) is 1.41. The third kappa shape index (κ3) is 3.13. The zero-order valence-electron chi connectivity index (χ0n) is 14.4. The first-order valence-corrected chi connectivity index (χ1v) is 11.3. The lowest BCUT2D eigenvalue weighted by Crippen LogP contribution is -2.36.